The maximum Gasteiger partial charge on any atom is 0.0837 e. The smallest absolute Gasteiger partial charge is 0.0837 e. The minimum atomic E-state index is -0.322. The van der Waals surface area contributed by atoms with Gasteiger partial charge in [-0.3, -0.25) is 4.98 Å². The Morgan fingerprint density at radius 2 is 2.00 bits per heavy atom. The molecule has 0 fully saturated rings. The SMILES string of the molecule is CCCC(C#N)(CCC)c1cccnc1. The largest absolute Gasteiger partial charge is 0.264 e. The van der Waals surface area contributed by atoms with Gasteiger partial charge in [-0.1, -0.05) is 32.8 Å². The van der Waals surface area contributed by atoms with E-state index >= 15 is 0 Å². The zero-order valence-corrected chi connectivity index (χ0v) is 9.53. The third-order valence-electron chi connectivity index (χ3n) is 2.78. The van der Waals surface area contributed by atoms with Crippen molar-refractivity contribution in [3.05, 3.63) is 30.1 Å². The lowest BCUT2D eigenvalue weighted by molar-refractivity contribution is 0.452. The summed E-state index contributed by atoms with van der Waals surface area (Å²) in [6.07, 6.45) is 7.48. The molecule has 80 valence electrons. The number of rotatable bonds is 5. The Labute approximate surface area is 92.0 Å². The Bertz CT molecular complexity index is 318. The topological polar surface area (TPSA) is 36.7 Å². The zero-order valence-electron chi connectivity index (χ0n) is 9.53. The Hall–Kier alpha value is -1.36. The van der Waals surface area contributed by atoms with Crippen LogP contribution in [0.1, 0.15) is 45.1 Å². The third kappa shape index (κ3) is 2.56. The molecule has 0 unspecified atom stereocenters. The van der Waals surface area contributed by atoms with Crippen molar-refractivity contribution < 1.29 is 0 Å². The molecule has 0 aromatic carbocycles. The molecule has 0 radical (unpaired) electrons. The highest BCUT2D eigenvalue weighted by Crippen LogP contribution is 2.33. The second-order valence-electron chi connectivity index (χ2n) is 3.94. The van der Waals surface area contributed by atoms with E-state index in [1.165, 1.54) is 0 Å². The van der Waals surface area contributed by atoms with Gasteiger partial charge in [0.1, 0.15) is 0 Å². The first-order valence-electron chi connectivity index (χ1n) is 5.61. The third-order valence-corrected chi connectivity index (χ3v) is 2.78. The summed E-state index contributed by atoms with van der Waals surface area (Å²) < 4.78 is 0. The van der Waals surface area contributed by atoms with Crippen LogP contribution in [-0.2, 0) is 5.41 Å². The van der Waals surface area contributed by atoms with Crippen molar-refractivity contribution >= 4 is 0 Å². The van der Waals surface area contributed by atoms with E-state index in [0.29, 0.717) is 0 Å². The van der Waals surface area contributed by atoms with Gasteiger partial charge in [-0.15, -0.1) is 0 Å². The number of hydrogen-bond donors (Lipinski definition) is 0. The van der Waals surface area contributed by atoms with Gasteiger partial charge < -0.3 is 0 Å². The van der Waals surface area contributed by atoms with Crippen LogP contribution in [0.4, 0.5) is 0 Å². The summed E-state index contributed by atoms with van der Waals surface area (Å²) in [4.78, 5) is 4.11. The van der Waals surface area contributed by atoms with Crippen LogP contribution in [0.25, 0.3) is 0 Å². The predicted octanol–water partition coefficient (Wildman–Crippen LogP) is 3.44. The minimum absolute atomic E-state index is 0.322. The van der Waals surface area contributed by atoms with E-state index in [1.807, 2.05) is 18.3 Å². The van der Waals surface area contributed by atoms with E-state index in [0.717, 1.165) is 31.2 Å². The van der Waals surface area contributed by atoms with Crippen LogP contribution in [0.3, 0.4) is 0 Å². The van der Waals surface area contributed by atoms with Gasteiger partial charge in [0, 0.05) is 12.4 Å². The Balaban J connectivity index is 3.05. The average Bonchev–Trinajstić information content (AvgIpc) is 2.30. The second-order valence-corrected chi connectivity index (χ2v) is 3.94. The molecule has 0 saturated heterocycles. The molecule has 1 rings (SSSR count). The minimum Gasteiger partial charge on any atom is -0.264 e. The fraction of sp³-hybridized carbons (Fsp3) is 0.538. The van der Waals surface area contributed by atoms with E-state index in [4.69, 9.17) is 0 Å². The molecular formula is C13H18N2. The fourth-order valence-corrected chi connectivity index (χ4v) is 2.09. The molecule has 0 bridgehead atoms. The lowest BCUT2D eigenvalue weighted by Crippen LogP contribution is -2.23. The van der Waals surface area contributed by atoms with E-state index in [1.54, 1.807) is 6.20 Å². The molecular weight excluding hydrogens is 184 g/mol. The van der Waals surface area contributed by atoms with Gasteiger partial charge in [0.05, 0.1) is 11.5 Å². The van der Waals surface area contributed by atoms with E-state index in [2.05, 4.69) is 24.9 Å². The molecule has 0 atom stereocenters. The van der Waals surface area contributed by atoms with Gasteiger partial charge >= 0.3 is 0 Å². The van der Waals surface area contributed by atoms with Crippen molar-refractivity contribution in [2.75, 3.05) is 0 Å². The van der Waals surface area contributed by atoms with Crippen LogP contribution in [0.2, 0.25) is 0 Å². The second kappa shape index (κ2) is 5.50. The van der Waals surface area contributed by atoms with Crippen LogP contribution in [0.15, 0.2) is 24.5 Å². The fourth-order valence-electron chi connectivity index (χ4n) is 2.09. The molecule has 2 nitrogen and oxygen atoms in total. The highest BCUT2D eigenvalue weighted by atomic mass is 14.6. The summed E-state index contributed by atoms with van der Waals surface area (Å²) in [7, 11) is 0. The van der Waals surface area contributed by atoms with Crippen LogP contribution in [0, 0.1) is 11.3 Å². The highest BCUT2D eigenvalue weighted by molar-refractivity contribution is 5.29. The first kappa shape index (κ1) is 11.7. The van der Waals surface area contributed by atoms with Gasteiger partial charge in [-0.2, -0.15) is 5.26 Å². The summed E-state index contributed by atoms with van der Waals surface area (Å²) in [6, 6.07) is 6.42. The standard InChI is InChI=1S/C13H18N2/c1-3-7-13(11-14,8-4-2)12-6-5-9-15-10-12/h5-6,9-10H,3-4,7-8H2,1-2H3. The molecule has 0 aliphatic heterocycles. The quantitative estimate of drug-likeness (QED) is 0.733. The molecule has 1 aromatic heterocycles. The summed E-state index contributed by atoms with van der Waals surface area (Å²) in [6.45, 7) is 4.25. The van der Waals surface area contributed by atoms with Crippen LogP contribution in [-0.4, -0.2) is 4.98 Å². The molecule has 0 saturated carbocycles. The Kier molecular flexibility index (Phi) is 4.30. The lowest BCUT2D eigenvalue weighted by Gasteiger charge is -2.25. The lowest BCUT2D eigenvalue weighted by atomic mass is 9.75. The molecule has 1 aromatic rings. The van der Waals surface area contributed by atoms with Crippen molar-refractivity contribution in [1.82, 2.24) is 4.98 Å². The molecule has 0 aliphatic rings. The average molecular weight is 202 g/mol. The normalized spacial score (nSPS) is 11.0. The summed E-state index contributed by atoms with van der Waals surface area (Å²) in [5, 5.41) is 9.41. The maximum absolute atomic E-state index is 9.41. The van der Waals surface area contributed by atoms with Crippen molar-refractivity contribution in [3.63, 3.8) is 0 Å². The Morgan fingerprint density at radius 3 is 2.40 bits per heavy atom. The van der Waals surface area contributed by atoms with Crippen molar-refractivity contribution in [2.45, 2.75) is 44.9 Å². The summed E-state index contributed by atoms with van der Waals surface area (Å²) in [5.41, 5.74) is 0.744. The molecule has 0 N–H and O–H groups in total. The molecule has 0 spiro atoms. The first-order valence-corrected chi connectivity index (χ1v) is 5.61. The maximum atomic E-state index is 9.41. The van der Waals surface area contributed by atoms with Crippen LogP contribution in [0.5, 0.6) is 0 Å². The van der Waals surface area contributed by atoms with Gasteiger partial charge in [0.15, 0.2) is 0 Å². The van der Waals surface area contributed by atoms with E-state index < -0.39 is 0 Å². The number of nitriles is 1. The van der Waals surface area contributed by atoms with Gasteiger partial charge in [0.2, 0.25) is 0 Å². The summed E-state index contributed by atoms with van der Waals surface area (Å²) in [5.74, 6) is 0. The van der Waals surface area contributed by atoms with Crippen LogP contribution >= 0.6 is 0 Å². The van der Waals surface area contributed by atoms with E-state index in [-0.39, 0.29) is 5.41 Å². The number of nitrogens with zero attached hydrogens (tertiary/aromatic N) is 2. The summed E-state index contributed by atoms with van der Waals surface area (Å²) >= 11 is 0. The van der Waals surface area contributed by atoms with Crippen LogP contribution < -0.4 is 0 Å². The number of pyridine rings is 1. The Morgan fingerprint density at radius 1 is 1.33 bits per heavy atom. The molecule has 0 amide bonds. The van der Waals surface area contributed by atoms with Crippen molar-refractivity contribution in [2.24, 2.45) is 0 Å². The van der Waals surface area contributed by atoms with Crippen molar-refractivity contribution in [3.8, 4) is 6.07 Å². The number of aromatic nitrogens is 1. The first-order chi connectivity index (χ1) is 7.29. The number of hydrogen-bond acceptors (Lipinski definition) is 2. The highest BCUT2D eigenvalue weighted by Gasteiger charge is 2.30. The molecule has 1 heterocycles. The molecule has 2 heteroatoms. The van der Waals surface area contributed by atoms with Gasteiger partial charge in [0.25, 0.3) is 0 Å². The predicted molar refractivity (Wildman–Crippen MR) is 61.3 cm³/mol. The van der Waals surface area contributed by atoms with E-state index in [9.17, 15) is 5.26 Å². The van der Waals surface area contributed by atoms with Gasteiger partial charge in [-0.05, 0) is 24.5 Å². The monoisotopic (exact) mass is 202 g/mol. The van der Waals surface area contributed by atoms with Crippen molar-refractivity contribution in [1.29, 1.82) is 5.26 Å². The molecule has 0 aliphatic carbocycles. The van der Waals surface area contributed by atoms with Gasteiger partial charge in [-0.25, -0.2) is 0 Å². The zero-order chi connectivity index (χ0) is 11.1. The molecule has 15 heavy (non-hydrogen) atoms.